The third kappa shape index (κ3) is 38.0. The quantitative estimate of drug-likeness (QED) is 0.0109. The SMILES string of the molecule is COCCOCCOCCOCCOCCOCCOCCOCCOCCOCCOCCOCCNS(=O)(=O)C1=CC2C(S1)c1cc3c(cc1N(C)C2(C)C)Oc1cc2c(cc1=C3c1c(F)c(SCC(=O)On3c(O)ccc3O)c(F)c(F)c1S(=O)(=O)O)-c1sc(S(=O)(=O)NCCOCCOCCOCCOCCOCCOCCOCCOCCOCCOCCOCCOC)cc1C(C)(C)[N+]=2C. The lowest BCUT2D eigenvalue weighted by Gasteiger charge is -2.49. The zero-order valence-corrected chi connectivity index (χ0v) is 86.1. The molecule has 41 nitrogen and oxygen atoms in total. The second-order valence-corrected chi connectivity index (χ2v) is 40.8. The van der Waals surface area contributed by atoms with Crippen LogP contribution in [-0.4, -0.2) is 407 Å². The highest BCUT2D eigenvalue weighted by molar-refractivity contribution is 8.18. The van der Waals surface area contributed by atoms with Crippen LogP contribution in [0.2, 0.25) is 0 Å². The first-order valence-electron chi connectivity index (χ1n) is 46.3. The molecule has 2 unspecified atom stereocenters. The van der Waals surface area contributed by atoms with Crippen LogP contribution in [-0.2, 0) is 154 Å². The van der Waals surface area contributed by atoms with E-state index in [2.05, 4.69) is 9.44 Å². The van der Waals surface area contributed by atoms with Crippen LogP contribution >= 0.6 is 34.9 Å². The maximum Gasteiger partial charge on any atom is 0.343 e. The number of sulfonamides is 2. The highest BCUT2D eigenvalue weighted by Gasteiger charge is 2.51. The van der Waals surface area contributed by atoms with Crippen LogP contribution in [0, 0.1) is 23.4 Å². The molecule has 2 atom stereocenters. The number of anilines is 1. The number of fused-ring (bicyclic) bond motifs is 8. The second kappa shape index (κ2) is 63.6. The Morgan fingerprint density at radius 2 is 0.837 bits per heavy atom. The summed E-state index contributed by atoms with van der Waals surface area (Å²) in [7, 11) is -7.86. The maximum atomic E-state index is 18.4. The van der Waals surface area contributed by atoms with E-state index in [0.29, 0.717) is 270 Å². The Morgan fingerprint density at radius 3 is 1.21 bits per heavy atom. The molecule has 0 spiro atoms. The summed E-state index contributed by atoms with van der Waals surface area (Å²) in [5, 5.41) is 19.9. The number of nitrogens with one attached hydrogen (secondary N) is 2. The molecule has 0 amide bonds. The largest absolute Gasteiger partial charge is 0.492 e. The minimum absolute atomic E-state index is 0.0130. The molecule has 0 saturated carbocycles. The Balaban J connectivity index is 0.739. The normalized spacial score (nSPS) is 15.4. The van der Waals surface area contributed by atoms with Crippen LogP contribution < -0.4 is 39.1 Å². The minimum atomic E-state index is -6.02. The summed E-state index contributed by atoms with van der Waals surface area (Å²) in [5.41, 5.74) is -2.14. The molecule has 141 heavy (non-hydrogen) atoms. The van der Waals surface area contributed by atoms with Gasteiger partial charge in [0, 0.05) is 116 Å². The number of benzene rings is 3. The number of nitrogens with zero attached hydrogens (tertiary/aromatic N) is 3. The molecule has 2 aromatic heterocycles. The van der Waals surface area contributed by atoms with Crippen molar-refractivity contribution in [3.05, 3.63) is 103 Å². The van der Waals surface area contributed by atoms with Crippen LogP contribution in [0.4, 0.5) is 18.9 Å². The fourth-order valence-corrected chi connectivity index (χ4v) is 21.7. The molecule has 0 bridgehead atoms. The van der Waals surface area contributed by atoms with Crippen molar-refractivity contribution in [1.29, 1.82) is 0 Å². The van der Waals surface area contributed by atoms with E-state index in [9.17, 15) is 44.8 Å². The summed E-state index contributed by atoms with van der Waals surface area (Å²) < 4.78 is 295. The number of hydrogen-bond donors (Lipinski definition) is 5. The van der Waals surface area contributed by atoms with Gasteiger partial charge in [0.15, 0.2) is 17.2 Å². The van der Waals surface area contributed by atoms with Crippen molar-refractivity contribution >= 4 is 82.3 Å². The molecular formula is C91H137F3N5O36S6+. The lowest BCUT2D eigenvalue weighted by molar-refractivity contribution is -0.142. The van der Waals surface area contributed by atoms with Gasteiger partial charge in [-0.1, -0.05) is 6.08 Å². The van der Waals surface area contributed by atoms with Gasteiger partial charge in [0.25, 0.3) is 10.1 Å². The molecule has 4 aliphatic heterocycles. The summed E-state index contributed by atoms with van der Waals surface area (Å²) in [6.07, 6.45) is 1.62. The van der Waals surface area contributed by atoms with Gasteiger partial charge in [0.1, 0.15) is 37.7 Å². The van der Waals surface area contributed by atoms with E-state index in [1.807, 2.05) is 37.2 Å². The molecule has 0 fully saturated rings. The fraction of sp³-hybridized carbons (Fsp3) is 0.670. The first-order valence-corrected chi connectivity index (χ1v) is 53.4. The van der Waals surface area contributed by atoms with Crippen molar-refractivity contribution in [2.24, 2.45) is 5.92 Å². The first kappa shape index (κ1) is 119. The van der Waals surface area contributed by atoms with E-state index in [0.717, 1.165) is 35.2 Å². The van der Waals surface area contributed by atoms with Crippen LogP contribution in [0.5, 0.6) is 23.3 Å². The van der Waals surface area contributed by atoms with Gasteiger partial charge in [-0.3, -0.25) is 4.55 Å². The average molecular weight is 2130 g/mol. The molecule has 5 N–H and O–H groups in total. The molecule has 9 rings (SSSR count). The van der Waals surface area contributed by atoms with Gasteiger partial charge in [-0.2, -0.15) is 8.42 Å². The third-order valence-corrected chi connectivity index (χ3v) is 30.4. The summed E-state index contributed by atoms with van der Waals surface area (Å²) >= 11 is 1.87. The van der Waals surface area contributed by atoms with Gasteiger partial charge < -0.3 is 138 Å². The number of methoxy groups -OCH3 is 2. The van der Waals surface area contributed by atoms with Crippen molar-refractivity contribution in [2.45, 2.75) is 58.0 Å². The van der Waals surface area contributed by atoms with Crippen molar-refractivity contribution in [1.82, 2.24) is 18.8 Å². The smallest absolute Gasteiger partial charge is 0.343 e. The number of carbonyl (C=O) groups is 1. The molecule has 798 valence electrons. The predicted molar refractivity (Wildman–Crippen MR) is 512 cm³/mol. The number of carbonyl (C=O) groups excluding carboxylic acids is 1. The molecule has 4 aliphatic rings. The van der Waals surface area contributed by atoms with E-state index >= 15 is 13.2 Å². The van der Waals surface area contributed by atoms with Crippen LogP contribution in [0.25, 0.3) is 16.0 Å². The highest BCUT2D eigenvalue weighted by Crippen LogP contribution is 2.61. The standard InChI is InChI=1S/C91H136F3N5O36S6/c1-90(2)70-61-79(139(103,104)95-11-13-112-19-21-116-27-29-120-35-37-124-43-45-128-51-53-132-57-55-130-49-47-126-41-39-122-33-31-118-25-23-114-17-15-110-7)137-86(70)66-59-68-74(63-72(66)97(90)5)134-75-64-73-67(60-69(75)81(68)82-83(92)88(84(93)85(94)89(82)141(107,108)109)136-65-78(102)135-99-76(100)9-10-77(99)101)87-71(91(3,4)98(73)6)62-80(138-87)140(105,106)96-12-14-113-20-22-117-28-30-121-36-38-125-44-46-129-52-54-133-58-56-131-50-48-127-42-40-123-34-32-119-26-24-115-18-16-111-8/h9-10,59-64,70,86,95-96H,11-58,65H2,1-8H3,(H2-,100,101,107,108,109)/p+1. The van der Waals surface area contributed by atoms with Gasteiger partial charge >= 0.3 is 5.97 Å². The Bertz CT molecular complexity index is 5100. The van der Waals surface area contributed by atoms with E-state index in [4.69, 9.17) is 123 Å². The molecule has 0 aliphatic carbocycles. The molecule has 50 heteroatoms. The molecule has 3 aromatic carbocycles. The average Bonchev–Trinajstić information content (AvgIpc) is 1.69. The van der Waals surface area contributed by atoms with Crippen LogP contribution in [0.15, 0.2) is 66.8 Å². The lowest BCUT2D eigenvalue weighted by Crippen LogP contribution is -2.51. The Hall–Kier alpha value is -6.02. The van der Waals surface area contributed by atoms with Crippen LogP contribution in [0.1, 0.15) is 55.2 Å². The number of aromatic hydroxyl groups is 2. The Morgan fingerprint density at radius 1 is 0.475 bits per heavy atom. The number of hydrogen-bond acceptors (Lipinski definition) is 39. The van der Waals surface area contributed by atoms with Crippen LogP contribution in [0.3, 0.4) is 0 Å². The number of thioether (sulfide) groups is 2. The van der Waals surface area contributed by atoms with Gasteiger partial charge in [-0.05, 0) is 37.6 Å². The van der Waals surface area contributed by atoms with Crippen molar-refractivity contribution < 1.29 is 181 Å². The fourth-order valence-electron chi connectivity index (χ4n) is 14.3. The van der Waals surface area contributed by atoms with Gasteiger partial charge in [-0.15, -0.1) is 39.6 Å². The van der Waals surface area contributed by atoms with Gasteiger partial charge in [0.2, 0.25) is 37.2 Å². The molecular weight excluding hydrogens is 1990 g/mol. The number of halogens is 3. The third-order valence-electron chi connectivity index (χ3n) is 22.0. The van der Waals surface area contributed by atoms with E-state index < -0.39 is 114 Å². The van der Waals surface area contributed by atoms with E-state index in [1.165, 1.54) is 18.2 Å². The van der Waals surface area contributed by atoms with E-state index in [-0.39, 0.29) is 127 Å². The summed E-state index contributed by atoms with van der Waals surface area (Å²) in [6.45, 7) is 24.6. The maximum absolute atomic E-state index is 18.4. The zero-order valence-electron chi connectivity index (χ0n) is 81.2. The number of rotatable bonds is 82. The summed E-state index contributed by atoms with van der Waals surface area (Å²) in [4.78, 5) is 17.5. The lowest BCUT2D eigenvalue weighted by atomic mass is 9.76. The first-order chi connectivity index (χ1) is 68.1. The summed E-state index contributed by atoms with van der Waals surface area (Å²) in [5.74, 6) is -10.9. The van der Waals surface area contributed by atoms with Gasteiger partial charge in [-0.25, -0.2) is 48.8 Å². The second-order valence-electron chi connectivity index (χ2n) is 32.2. The molecule has 5 aromatic rings. The Kier molecular flexibility index (Phi) is 53.5. The Labute approximate surface area is 834 Å². The van der Waals surface area contributed by atoms with Crippen molar-refractivity contribution in [3.8, 4) is 33.7 Å². The van der Waals surface area contributed by atoms with Crippen molar-refractivity contribution in [2.75, 3.05) is 356 Å². The topological polar surface area (TPSA) is 455 Å². The minimum Gasteiger partial charge on any atom is -0.492 e. The van der Waals surface area contributed by atoms with Crippen molar-refractivity contribution in [3.63, 3.8) is 0 Å². The number of aromatic nitrogens is 1. The number of ether oxygens (including phenoxy) is 25. The predicted octanol–water partition coefficient (Wildman–Crippen LogP) is 5.09. The molecule has 0 radical (unpaired) electrons. The summed E-state index contributed by atoms with van der Waals surface area (Å²) in [6, 6.07) is 9.51. The zero-order chi connectivity index (χ0) is 101. The van der Waals surface area contributed by atoms with Gasteiger partial charge in [0.05, 0.1) is 331 Å². The van der Waals surface area contributed by atoms with E-state index in [1.54, 1.807) is 46.5 Å². The molecule has 6 heterocycles. The monoisotopic (exact) mass is 2120 g/mol. The highest BCUT2D eigenvalue weighted by atomic mass is 32.3. The molecule has 0 saturated heterocycles. The number of thiophene rings is 1.